The average Bonchev–Trinajstić information content (AvgIpc) is 3.11. The number of hydrogen-bond donors (Lipinski definition) is 2. The standard InChI is InChI=1S/C23H19Cl4N3O6/c1-10(2)8-12(23(35)36-9-13(31)28-29-20(32)11-6-4-3-5-7-11)30-21(33)14-15(22(30)34)17(25)19(27)18(26)16(14)24/h3-7,10,12H,8-9H2,1-2H3,(H,28,31)(H,29,32)/t12-/m1/s1. The quantitative estimate of drug-likeness (QED) is 0.167. The van der Waals surface area contributed by atoms with Crippen molar-refractivity contribution in [2.24, 2.45) is 5.92 Å². The number of nitrogens with one attached hydrogen (secondary N) is 2. The van der Waals surface area contributed by atoms with Crippen LogP contribution in [-0.2, 0) is 14.3 Å². The van der Waals surface area contributed by atoms with Crippen molar-refractivity contribution in [3.05, 3.63) is 67.1 Å². The maximum atomic E-state index is 13.1. The van der Waals surface area contributed by atoms with Gasteiger partial charge in [-0.15, -0.1) is 0 Å². The van der Waals surface area contributed by atoms with E-state index in [0.717, 1.165) is 0 Å². The van der Waals surface area contributed by atoms with Crippen LogP contribution < -0.4 is 10.9 Å². The SMILES string of the molecule is CC(C)C[C@H](C(=O)OCC(=O)NNC(=O)c1ccccc1)N1C(=O)c2c(Cl)c(Cl)c(Cl)c(Cl)c2C1=O. The first-order chi connectivity index (χ1) is 17.0. The molecule has 0 radical (unpaired) electrons. The highest BCUT2D eigenvalue weighted by molar-refractivity contribution is 6.55. The molecule has 0 aromatic heterocycles. The van der Waals surface area contributed by atoms with Gasteiger partial charge in [-0.3, -0.25) is 34.9 Å². The highest BCUT2D eigenvalue weighted by Crippen LogP contribution is 2.45. The van der Waals surface area contributed by atoms with E-state index in [9.17, 15) is 24.0 Å². The minimum Gasteiger partial charge on any atom is -0.454 e. The molecule has 0 spiro atoms. The Balaban J connectivity index is 1.73. The number of benzene rings is 2. The van der Waals surface area contributed by atoms with Gasteiger partial charge in [0.1, 0.15) is 6.04 Å². The fourth-order valence-corrected chi connectivity index (χ4v) is 4.47. The van der Waals surface area contributed by atoms with Crippen molar-refractivity contribution in [2.75, 3.05) is 6.61 Å². The van der Waals surface area contributed by atoms with Crippen molar-refractivity contribution >= 4 is 76.0 Å². The van der Waals surface area contributed by atoms with Gasteiger partial charge in [0.25, 0.3) is 23.6 Å². The lowest BCUT2D eigenvalue weighted by atomic mass is 10.0. The fourth-order valence-electron chi connectivity index (χ4n) is 3.46. The second kappa shape index (κ2) is 11.5. The van der Waals surface area contributed by atoms with E-state index in [2.05, 4.69) is 10.9 Å². The second-order valence-corrected chi connectivity index (χ2v) is 9.62. The summed E-state index contributed by atoms with van der Waals surface area (Å²) in [7, 11) is 0. The molecular weight excluding hydrogens is 556 g/mol. The van der Waals surface area contributed by atoms with Gasteiger partial charge in [0, 0.05) is 5.56 Å². The predicted molar refractivity (Wildman–Crippen MR) is 133 cm³/mol. The zero-order valence-corrected chi connectivity index (χ0v) is 21.9. The van der Waals surface area contributed by atoms with Crippen LogP contribution in [0.25, 0.3) is 0 Å². The molecule has 0 fully saturated rings. The summed E-state index contributed by atoms with van der Waals surface area (Å²) in [6.45, 7) is 2.74. The average molecular weight is 575 g/mol. The molecule has 0 saturated heterocycles. The lowest BCUT2D eigenvalue weighted by Crippen LogP contribution is -2.48. The first kappa shape index (κ1) is 27.7. The second-order valence-electron chi connectivity index (χ2n) is 8.11. The summed E-state index contributed by atoms with van der Waals surface area (Å²) >= 11 is 24.4. The molecule has 4 amide bonds. The molecule has 3 rings (SSSR count). The number of carbonyl (C=O) groups is 5. The molecule has 0 aliphatic carbocycles. The van der Waals surface area contributed by atoms with E-state index in [0.29, 0.717) is 10.5 Å². The molecule has 190 valence electrons. The zero-order valence-electron chi connectivity index (χ0n) is 18.9. The van der Waals surface area contributed by atoms with Gasteiger partial charge in [0.05, 0.1) is 31.2 Å². The van der Waals surface area contributed by atoms with Gasteiger partial charge in [-0.2, -0.15) is 0 Å². The minimum atomic E-state index is -1.39. The van der Waals surface area contributed by atoms with Crippen LogP contribution in [0.15, 0.2) is 30.3 Å². The van der Waals surface area contributed by atoms with Crippen LogP contribution in [0.4, 0.5) is 0 Å². The normalized spacial score (nSPS) is 13.5. The number of nitrogens with zero attached hydrogens (tertiary/aromatic N) is 1. The number of amides is 4. The number of carbonyl (C=O) groups excluding carboxylic acids is 5. The third-order valence-electron chi connectivity index (χ3n) is 5.11. The van der Waals surface area contributed by atoms with Crippen LogP contribution in [0, 0.1) is 5.92 Å². The van der Waals surface area contributed by atoms with Crippen LogP contribution in [0.1, 0.15) is 51.3 Å². The van der Waals surface area contributed by atoms with Gasteiger partial charge in [-0.05, 0) is 24.5 Å². The topological polar surface area (TPSA) is 122 Å². The van der Waals surface area contributed by atoms with Gasteiger partial charge in [0.2, 0.25) is 0 Å². The molecule has 0 saturated carbocycles. The van der Waals surface area contributed by atoms with Gasteiger partial charge >= 0.3 is 5.97 Å². The van der Waals surface area contributed by atoms with Crippen LogP contribution >= 0.6 is 46.4 Å². The minimum absolute atomic E-state index is 0.0212. The maximum absolute atomic E-state index is 13.1. The summed E-state index contributed by atoms with van der Waals surface area (Å²) in [6, 6.07) is 6.71. The monoisotopic (exact) mass is 573 g/mol. The summed E-state index contributed by atoms with van der Waals surface area (Å²) in [6.07, 6.45) is 0.0212. The van der Waals surface area contributed by atoms with Crippen molar-refractivity contribution < 1.29 is 28.7 Å². The molecule has 2 N–H and O–H groups in total. The van der Waals surface area contributed by atoms with Crippen molar-refractivity contribution in [3.8, 4) is 0 Å². The van der Waals surface area contributed by atoms with Crippen molar-refractivity contribution in [1.82, 2.24) is 15.8 Å². The summed E-state index contributed by atoms with van der Waals surface area (Å²) in [5.41, 5.74) is 4.06. The molecule has 0 unspecified atom stereocenters. The number of imide groups is 1. The van der Waals surface area contributed by atoms with Gasteiger partial charge in [-0.1, -0.05) is 78.5 Å². The fraction of sp³-hybridized carbons (Fsp3) is 0.261. The van der Waals surface area contributed by atoms with Gasteiger partial charge in [0.15, 0.2) is 6.61 Å². The maximum Gasteiger partial charge on any atom is 0.329 e. The van der Waals surface area contributed by atoms with Crippen molar-refractivity contribution in [3.63, 3.8) is 0 Å². The van der Waals surface area contributed by atoms with Crippen LogP contribution in [-0.4, -0.2) is 47.1 Å². The number of hydrogen-bond acceptors (Lipinski definition) is 6. The first-order valence-electron chi connectivity index (χ1n) is 10.5. The number of halogens is 4. The smallest absolute Gasteiger partial charge is 0.329 e. The van der Waals surface area contributed by atoms with E-state index in [4.69, 9.17) is 51.1 Å². The lowest BCUT2D eigenvalue weighted by molar-refractivity contribution is -0.153. The third kappa shape index (κ3) is 5.59. The molecule has 1 aliphatic rings. The summed E-state index contributed by atoms with van der Waals surface area (Å²) in [5, 5.41) is -0.955. The van der Waals surface area contributed by atoms with Crippen LogP contribution in [0.5, 0.6) is 0 Å². The van der Waals surface area contributed by atoms with Crippen LogP contribution in [0.3, 0.4) is 0 Å². The molecule has 1 heterocycles. The Labute approximate surface area is 225 Å². The summed E-state index contributed by atoms with van der Waals surface area (Å²) in [5.74, 6) is -4.41. The van der Waals surface area contributed by atoms with E-state index < -0.39 is 42.2 Å². The molecular formula is C23H19Cl4N3O6. The Morgan fingerprint density at radius 1 is 0.861 bits per heavy atom. The van der Waals surface area contributed by atoms with E-state index >= 15 is 0 Å². The number of hydrazine groups is 1. The summed E-state index contributed by atoms with van der Waals surface area (Å²) < 4.78 is 5.05. The Kier molecular flexibility index (Phi) is 8.84. The van der Waals surface area contributed by atoms with Gasteiger partial charge in [-0.25, -0.2) is 4.79 Å². The Hall–Kier alpha value is -2.85. The molecule has 1 aliphatic heterocycles. The number of rotatable bonds is 7. The molecule has 1 atom stereocenters. The summed E-state index contributed by atoms with van der Waals surface area (Å²) in [4.78, 5) is 64.0. The molecule has 13 heteroatoms. The number of fused-ring (bicyclic) bond motifs is 1. The Morgan fingerprint density at radius 2 is 1.39 bits per heavy atom. The van der Waals surface area contributed by atoms with Crippen LogP contribution in [0.2, 0.25) is 20.1 Å². The Morgan fingerprint density at radius 3 is 1.89 bits per heavy atom. The highest BCUT2D eigenvalue weighted by Gasteiger charge is 2.47. The number of ether oxygens (including phenoxy) is 1. The molecule has 2 aromatic rings. The highest BCUT2D eigenvalue weighted by atomic mass is 35.5. The third-order valence-corrected chi connectivity index (χ3v) is 6.91. The number of esters is 1. The molecule has 2 aromatic carbocycles. The molecule has 0 bridgehead atoms. The van der Waals surface area contributed by atoms with Crippen molar-refractivity contribution in [1.29, 1.82) is 0 Å². The van der Waals surface area contributed by atoms with Crippen molar-refractivity contribution in [2.45, 2.75) is 26.3 Å². The van der Waals surface area contributed by atoms with E-state index in [1.165, 1.54) is 0 Å². The Bertz CT molecular complexity index is 1210. The molecule has 9 nitrogen and oxygen atoms in total. The first-order valence-corrected chi connectivity index (χ1v) is 12.0. The zero-order chi connectivity index (χ0) is 26.7. The van der Waals surface area contributed by atoms with E-state index in [-0.39, 0.29) is 43.6 Å². The van der Waals surface area contributed by atoms with E-state index in [1.807, 2.05) is 0 Å². The van der Waals surface area contributed by atoms with E-state index in [1.54, 1.807) is 44.2 Å². The molecule has 36 heavy (non-hydrogen) atoms. The van der Waals surface area contributed by atoms with Gasteiger partial charge < -0.3 is 4.74 Å². The lowest BCUT2D eigenvalue weighted by Gasteiger charge is -2.25. The predicted octanol–water partition coefficient (Wildman–Crippen LogP) is 4.32. The largest absolute Gasteiger partial charge is 0.454 e.